The number of methoxy groups -OCH3 is 1. The zero-order valence-corrected chi connectivity index (χ0v) is 33.7. The van der Waals surface area contributed by atoms with Gasteiger partial charge in [-0.15, -0.1) is 0 Å². The monoisotopic (exact) mass is 884 g/mol. The lowest BCUT2D eigenvalue weighted by Gasteiger charge is -2.42. The molecule has 2 aliphatic heterocycles. The Morgan fingerprint density at radius 1 is 0.952 bits per heavy atom. The number of aliphatic hydroxyl groups is 6. The van der Waals surface area contributed by atoms with Gasteiger partial charge in [0, 0.05) is 53.6 Å². The van der Waals surface area contributed by atoms with Crippen LogP contribution in [0, 0.1) is 10.1 Å². The summed E-state index contributed by atoms with van der Waals surface area (Å²) in [7, 11) is 1.28. The number of aromatic hydroxyl groups is 2. The van der Waals surface area contributed by atoms with Crippen LogP contribution in [-0.2, 0) is 36.8 Å². The number of aliphatic hydroxyl groups excluding tert-OH is 5. The molecule has 22 nitrogen and oxygen atoms in total. The summed E-state index contributed by atoms with van der Waals surface area (Å²) < 4.78 is 33.8. The van der Waals surface area contributed by atoms with Crippen LogP contribution in [0.15, 0.2) is 36.4 Å². The average molecular weight is 885 g/mol. The number of carbonyl (C=O) groups excluding carboxylic acids is 4. The summed E-state index contributed by atoms with van der Waals surface area (Å²) in [4.78, 5) is 64.7. The molecule has 0 radical (unpaired) electrons. The summed E-state index contributed by atoms with van der Waals surface area (Å²) in [5.74, 6) is -4.15. The van der Waals surface area contributed by atoms with Crippen molar-refractivity contribution in [2.24, 2.45) is 0 Å². The normalized spacial score (nSPS) is 30.0. The number of hydrogen-bond donors (Lipinski definition) is 9. The summed E-state index contributed by atoms with van der Waals surface area (Å²) in [5.41, 5.74) is -4.64. The number of nitro benzene ring substituents is 1. The molecule has 9 N–H and O–H groups in total. The van der Waals surface area contributed by atoms with E-state index in [0.29, 0.717) is 0 Å². The number of carbonyl (C=O) groups is 4. The maximum atomic E-state index is 14.0. The molecule has 2 saturated heterocycles. The third-order valence-electron chi connectivity index (χ3n) is 11.8. The number of nitrogens with one attached hydrogen (secondary N) is 1. The highest BCUT2D eigenvalue weighted by atomic mass is 16.7. The lowest BCUT2D eigenvalue weighted by molar-refractivity contribution is -0.385. The van der Waals surface area contributed by atoms with Gasteiger partial charge in [0.15, 0.2) is 17.9 Å². The molecule has 3 aromatic carbocycles. The average Bonchev–Trinajstić information content (AvgIpc) is 3.24. The summed E-state index contributed by atoms with van der Waals surface area (Å²) in [5, 5.41) is 100. The number of phenols is 2. The van der Waals surface area contributed by atoms with E-state index in [9.17, 15) is 70.1 Å². The summed E-state index contributed by atoms with van der Waals surface area (Å²) in [6.07, 6.45) is -16.4. The smallest absolute Gasteiger partial charge is 0.407 e. The molecule has 0 spiro atoms. The van der Waals surface area contributed by atoms with Crippen molar-refractivity contribution in [1.29, 1.82) is 0 Å². The quantitative estimate of drug-likeness (QED) is 0.0547. The molecule has 2 aliphatic carbocycles. The molecular weight excluding hydrogens is 840 g/mol. The Balaban J connectivity index is 1.12. The van der Waals surface area contributed by atoms with Gasteiger partial charge in [0.1, 0.15) is 65.7 Å². The van der Waals surface area contributed by atoms with Gasteiger partial charge in [0.05, 0.1) is 53.6 Å². The van der Waals surface area contributed by atoms with E-state index in [2.05, 4.69) is 5.32 Å². The molecule has 3 aromatic rings. The zero-order chi connectivity index (χ0) is 45.8. The third kappa shape index (κ3) is 8.16. The summed E-state index contributed by atoms with van der Waals surface area (Å²) in [6.45, 7) is 1.05. The molecule has 63 heavy (non-hydrogen) atoms. The Morgan fingerprint density at radius 2 is 1.67 bits per heavy atom. The van der Waals surface area contributed by atoms with Crippen molar-refractivity contribution in [3.05, 3.63) is 85.5 Å². The number of amides is 1. The van der Waals surface area contributed by atoms with E-state index in [0.717, 1.165) is 25.1 Å². The first-order chi connectivity index (χ1) is 29.8. The van der Waals surface area contributed by atoms with Crippen molar-refractivity contribution in [2.45, 2.75) is 107 Å². The summed E-state index contributed by atoms with van der Waals surface area (Å²) in [6, 6.07) is 6.18. The molecule has 0 bridgehead atoms. The number of benzene rings is 3. The highest BCUT2D eigenvalue weighted by molar-refractivity contribution is 6.31. The number of fused-ring (bicyclic) bond motifs is 3. The summed E-state index contributed by atoms with van der Waals surface area (Å²) >= 11 is 0. The van der Waals surface area contributed by atoms with E-state index in [1.807, 2.05) is 0 Å². The first-order valence-electron chi connectivity index (χ1n) is 19.6. The molecule has 1 amide bonds. The van der Waals surface area contributed by atoms with Crippen molar-refractivity contribution >= 4 is 29.1 Å². The molecule has 7 rings (SSSR count). The van der Waals surface area contributed by atoms with Crippen LogP contribution in [0.2, 0.25) is 0 Å². The minimum Gasteiger partial charge on any atom is -0.507 e. The second-order valence-corrected chi connectivity index (χ2v) is 15.7. The van der Waals surface area contributed by atoms with Crippen LogP contribution in [0.25, 0.3) is 0 Å². The number of nitro groups is 1. The van der Waals surface area contributed by atoms with Crippen LogP contribution in [0.4, 0.5) is 10.5 Å². The molecule has 0 saturated carbocycles. The molecule has 338 valence electrons. The van der Waals surface area contributed by atoms with E-state index >= 15 is 0 Å². The van der Waals surface area contributed by atoms with Gasteiger partial charge in [-0.3, -0.25) is 24.5 Å². The number of hydrogen-bond acceptors (Lipinski definition) is 20. The van der Waals surface area contributed by atoms with Gasteiger partial charge >= 0.3 is 6.09 Å². The Kier molecular flexibility index (Phi) is 12.5. The van der Waals surface area contributed by atoms with Crippen LogP contribution < -0.4 is 14.8 Å². The van der Waals surface area contributed by atoms with Gasteiger partial charge in [0.25, 0.3) is 5.69 Å². The topological polar surface area (TPSA) is 341 Å². The molecule has 4 aliphatic rings. The van der Waals surface area contributed by atoms with Gasteiger partial charge in [-0.05, 0) is 26.0 Å². The van der Waals surface area contributed by atoms with E-state index in [1.54, 1.807) is 0 Å². The Bertz CT molecular complexity index is 2350. The van der Waals surface area contributed by atoms with Gasteiger partial charge < -0.3 is 74.6 Å². The standard InChI is InChI=1S/C41H44N2O20/c1-15-31(46)21(42-40(54)59-14-17-9-18(43(56)57)7-8-22(17)62-39-38(53)37(52)34(49)25(13-44)63-39)10-26(60-15)61-24-12-41(55,16(2)45)11-20-28(24)36(51)30-29(33(20)48)32(47)19-5-4-6-23(58-3)27(19)35(30)50/h4-9,15,21,24-26,31,34,37-39,44,46,48-49,51-53,55H,10-14H2,1-3H3,(H,42,54)/t15-,21-,24-,25+,26?,31+,34-,37-,38+,39+,41-/m0/s1. The van der Waals surface area contributed by atoms with Crippen LogP contribution in [0.1, 0.15) is 81.3 Å². The molecule has 2 heterocycles. The van der Waals surface area contributed by atoms with Crippen molar-refractivity contribution < 1.29 is 93.4 Å². The fraction of sp³-hybridized carbons (Fsp3) is 0.463. The molecule has 1 unspecified atom stereocenters. The van der Waals surface area contributed by atoms with E-state index in [4.69, 9.17) is 28.4 Å². The first-order valence-corrected chi connectivity index (χ1v) is 19.6. The fourth-order valence-electron chi connectivity index (χ4n) is 8.30. The Hall–Kier alpha value is -5.82. The Labute approximate surface area is 356 Å². The van der Waals surface area contributed by atoms with Gasteiger partial charge in [-0.2, -0.15) is 0 Å². The SMILES string of the molecule is COc1cccc2c1C(=O)c1c(O)c3c(c(O)c1C2=O)C[C@@](O)(C(C)=O)C[C@@H]3OC1C[C@H](NC(=O)OCc2cc([N+](=O)[O-])ccc2O[C@@H]2O[C@H](CO)[C@H](O)[C@H](O)[C@H]2O)[C@H](O)[C@H](C)O1. The van der Waals surface area contributed by atoms with Crippen LogP contribution in [-0.4, -0.2) is 144 Å². The maximum absolute atomic E-state index is 14.0. The van der Waals surface area contributed by atoms with E-state index in [1.165, 1.54) is 32.2 Å². The van der Waals surface area contributed by atoms with Crippen molar-refractivity contribution in [1.82, 2.24) is 5.32 Å². The number of ether oxygens (including phenoxy) is 6. The maximum Gasteiger partial charge on any atom is 0.407 e. The predicted octanol–water partition coefficient (Wildman–Crippen LogP) is 0.0835. The number of nitrogens with zero attached hydrogens (tertiary/aromatic N) is 1. The Morgan fingerprint density at radius 3 is 2.33 bits per heavy atom. The van der Waals surface area contributed by atoms with Crippen LogP contribution in [0.3, 0.4) is 0 Å². The van der Waals surface area contributed by atoms with E-state index in [-0.39, 0.29) is 45.7 Å². The fourth-order valence-corrected chi connectivity index (χ4v) is 8.30. The van der Waals surface area contributed by atoms with Crippen molar-refractivity contribution in [3.8, 4) is 23.0 Å². The second kappa shape index (κ2) is 17.4. The first kappa shape index (κ1) is 45.2. The third-order valence-corrected chi connectivity index (χ3v) is 11.8. The van der Waals surface area contributed by atoms with Gasteiger partial charge in [-0.25, -0.2) is 4.79 Å². The number of rotatable bonds is 11. The molecule has 11 atom stereocenters. The molecule has 22 heteroatoms. The largest absolute Gasteiger partial charge is 0.507 e. The second-order valence-electron chi connectivity index (χ2n) is 15.7. The zero-order valence-electron chi connectivity index (χ0n) is 33.7. The minimum atomic E-state index is -2.21. The predicted molar refractivity (Wildman–Crippen MR) is 207 cm³/mol. The number of ketones is 3. The lowest BCUT2D eigenvalue weighted by atomic mass is 9.72. The minimum absolute atomic E-state index is 0.0269. The van der Waals surface area contributed by atoms with Crippen LogP contribution in [0.5, 0.6) is 23.0 Å². The van der Waals surface area contributed by atoms with Crippen LogP contribution >= 0.6 is 0 Å². The highest BCUT2D eigenvalue weighted by Crippen LogP contribution is 2.52. The highest BCUT2D eigenvalue weighted by Gasteiger charge is 2.50. The van der Waals surface area contributed by atoms with Crippen molar-refractivity contribution in [3.63, 3.8) is 0 Å². The number of alkyl carbamates (subject to hydrolysis) is 1. The van der Waals surface area contributed by atoms with E-state index < -0.39 is 150 Å². The van der Waals surface area contributed by atoms with Gasteiger partial charge in [0.2, 0.25) is 12.1 Å². The van der Waals surface area contributed by atoms with Gasteiger partial charge in [-0.1, -0.05) is 12.1 Å². The lowest BCUT2D eigenvalue weighted by Crippen LogP contribution is -2.60. The number of phenolic OH excluding ortho intramolecular Hbond substituents is 2. The molecule has 2 fully saturated rings. The number of non-ortho nitro benzene ring substituents is 1. The molecule has 0 aromatic heterocycles. The van der Waals surface area contributed by atoms with Crippen molar-refractivity contribution in [2.75, 3.05) is 13.7 Å². The molecular formula is C41H44N2O20. The number of Topliss-reactive ketones (excluding diaryl/α,β-unsaturated/α-hetero) is 1.